The second-order valence-electron chi connectivity index (χ2n) is 8.31. The van der Waals surface area contributed by atoms with Gasteiger partial charge < -0.3 is 19.0 Å². The van der Waals surface area contributed by atoms with Gasteiger partial charge in [-0.3, -0.25) is 0 Å². The number of fused-ring (bicyclic) bond motifs is 3. The van der Waals surface area contributed by atoms with Crippen molar-refractivity contribution in [3.8, 4) is 11.8 Å². The third-order valence-electron chi connectivity index (χ3n) is 6.09. The number of nitrogens with zero attached hydrogens (tertiary/aromatic N) is 3. The van der Waals surface area contributed by atoms with E-state index in [4.69, 9.17) is 21.1 Å². The highest BCUT2D eigenvalue weighted by molar-refractivity contribution is 6.30. The minimum atomic E-state index is -1.02. The molecular formula is C27H21ClFN3O3. The molecule has 0 spiro atoms. The van der Waals surface area contributed by atoms with Crippen LogP contribution in [0.25, 0.3) is 11.2 Å². The minimum absolute atomic E-state index is 0.155. The first-order valence-corrected chi connectivity index (χ1v) is 11.3. The Bertz CT molecular complexity index is 1540. The second-order valence-corrected chi connectivity index (χ2v) is 8.75. The molecule has 1 aliphatic heterocycles. The first kappa shape index (κ1) is 23.1. The molecular weight excluding hydrogens is 469 g/mol. The fourth-order valence-corrected chi connectivity index (χ4v) is 4.66. The maximum Gasteiger partial charge on any atom is 0.138 e. The Hall–Kier alpha value is -3.70. The van der Waals surface area contributed by atoms with Crippen LogP contribution >= 0.6 is 11.6 Å². The molecule has 0 radical (unpaired) electrons. The lowest BCUT2D eigenvalue weighted by Gasteiger charge is -2.17. The van der Waals surface area contributed by atoms with Crippen molar-refractivity contribution in [1.82, 2.24) is 9.38 Å². The molecule has 1 atom stereocenters. The van der Waals surface area contributed by atoms with Gasteiger partial charge >= 0.3 is 0 Å². The van der Waals surface area contributed by atoms with E-state index < -0.39 is 11.9 Å². The summed E-state index contributed by atoms with van der Waals surface area (Å²) in [6.45, 7) is 2.10. The van der Waals surface area contributed by atoms with Gasteiger partial charge in [-0.1, -0.05) is 23.7 Å². The van der Waals surface area contributed by atoms with E-state index in [0.29, 0.717) is 50.1 Å². The van der Waals surface area contributed by atoms with Crippen LogP contribution in [0.1, 0.15) is 46.7 Å². The number of aliphatic hydroxyl groups is 1. The highest BCUT2D eigenvalue weighted by Gasteiger charge is 2.26. The zero-order valence-electron chi connectivity index (χ0n) is 19.0. The molecule has 6 nitrogen and oxygen atoms in total. The number of rotatable bonds is 4. The van der Waals surface area contributed by atoms with Gasteiger partial charge in [-0.15, -0.1) is 0 Å². The minimum Gasteiger partial charge on any atom is -0.488 e. The first-order chi connectivity index (χ1) is 16.9. The fraction of sp³-hybridized carbons (Fsp3) is 0.185. The van der Waals surface area contributed by atoms with Gasteiger partial charge in [0.05, 0.1) is 24.1 Å². The summed E-state index contributed by atoms with van der Waals surface area (Å²) in [6, 6.07) is 15.5. The average molecular weight is 490 g/mol. The summed E-state index contributed by atoms with van der Waals surface area (Å²) < 4.78 is 27.0. The van der Waals surface area contributed by atoms with E-state index in [2.05, 4.69) is 11.1 Å². The van der Waals surface area contributed by atoms with E-state index in [9.17, 15) is 14.8 Å². The van der Waals surface area contributed by atoms with Gasteiger partial charge in [0.2, 0.25) is 0 Å². The van der Waals surface area contributed by atoms with Crippen LogP contribution in [0, 0.1) is 17.1 Å². The second kappa shape index (κ2) is 9.16. The largest absolute Gasteiger partial charge is 0.488 e. The highest BCUT2D eigenvalue weighted by atomic mass is 35.5. The van der Waals surface area contributed by atoms with E-state index in [0.717, 1.165) is 11.1 Å². The van der Waals surface area contributed by atoms with E-state index >= 15 is 0 Å². The fourth-order valence-electron chi connectivity index (χ4n) is 4.51. The number of allylic oxidation sites excluding steroid dienone is 1. The normalized spacial score (nSPS) is 15.0. The van der Waals surface area contributed by atoms with Crippen molar-refractivity contribution in [1.29, 1.82) is 5.26 Å². The molecule has 5 rings (SSSR count). The molecule has 0 bridgehead atoms. The molecule has 1 N–H and O–H groups in total. The molecule has 35 heavy (non-hydrogen) atoms. The van der Waals surface area contributed by atoms with Gasteiger partial charge in [0.1, 0.15) is 29.9 Å². The Morgan fingerprint density at radius 1 is 1.26 bits per heavy atom. The van der Waals surface area contributed by atoms with Crippen LogP contribution in [-0.2, 0) is 18.0 Å². The monoisotopic (exact) mass is 489 g/mol. The predicted octanol–water partition coefficient (Wildman–Crippen LogP) is 5.59. The number of aliphatic hydroxyl groups excluding tert-OH is 1. The van der Waals surface area contributed by atoms with Crippen molar-refractivity contribution in [3.63, 3.8) is 0 Å². The quantitative estimate of drug-likeness (QED) is 0.378. The number of imidazole rings is 1. The van der Waals surface area contributed by atoms with Crippen molar-refractivity contribution in [2.75, 3.05) is 7.11 Å². The number of methoxy groups -OCH3 is 1. The SMILES string of the molecule is COCc1nc2cc(Cl)ccn2c1C(O)c1ccc2c(c1)COc1cc(F)ccc1C2=C(C)C#N. The lowest BCUT2D eigenvalue weighted by atomic mass is 9.89. The van der Waals surface area contributed by atoms with Crippen LogP contribution in [0.3, 0.4) is 0 Å². The molecule has 2 aromatic carbocycles. The number of aromatic nitrogens is 2. The topological polar surface area (TPSA) is 79.8 Å². The van der Waals surface area contributed by atoms with Gasteiger partial charge in [-0.2, -0.15) is 5.26 Å². The van der Waals surface area contributed by atoms with E-state index in [-0.39, 0.29) is 13.2 Å². The Morgan fingerprint density at radius 3 is 2.83 bits per heavy atom. The number of hydrogen-bond acceptors (Lipinski definition) is 5. The standard InChI is InChI=1S/C27H21ClFN3O3/c1-15(12-30)25-20-5-3-16(9-17(20)13-35-23-11-19(29)4-6-21(23)25)27(33)26-22(14-34-2)31-24-10-18(28)7-8-32(24)26/h3-11,27,33H,13-14H2,1-2H3. The lowest BCUT2D eigenvalue weighted by molar-refractivity contribution is 0.172. The van der Waals surface area contributed by atoms with Gasteiger partial charge in [0, 0.05) is 47.2 Å². The molecule has 1 aliphatic rings. The van der Waals surface area contributed by atoms with Gasteiger partial charge in [-0.05, 0) is 47.9 Å². The van der Waals surface area contributed by atoms with E-state index in [1.54, 1.807) is 42.8 Å². The van der Waals surface area contributed by atoms with Crippen molar-refractivity contribution >= 4 is 22.8 Å². The first-order valence-electron chi connectivity index (χ1n) is 10.9. The lowest BCUT2D eigenvalue weighted by Crippen LogP contribution is -2.09. The summed E-state index contributed by atoms with van der Waals surface area (Å²) in [4.78, 5) is 4.58. The van der Waals surface area contributed by atoms with Gasteiger partial charge in [0.25, 0.3) is 0 Å². The zero-order chi connectivity index (χ0) is 24.7. The Kier molecular flexibility index (Phi) is 6.03. The van der Waals surface area contributed by atoms with Crippen molar-refractivity contribution in [2.24, 2.45) is 0 Å². The third kappa shape index (κ3) is 4.06. The van der Waals surface area contributed by atoms with Crippen LogP contribution < -0.4 is 4.74 Å². The van der Waals surface area contributed by atoms with Crippen LogP contribution in [0.5, 0.6) is 5.75 Å². The molecule has 0 aliphatic carbocycles. The van der Waals surface area contributed by atoms with Crippen LogP contribution in [-0.4, -0.2) is 21.6 Å². The Balaban J connectivity index is 1.64. The van der Waals surface area contributed by atoms with Crippen LogP contribution in [0.15, 0.2) is 60.3 Å². The number of halogens is 2. The summed E-state index contributed by atoms with van der Waals surface area (Å²) in [6.07, 6.45) is 0.742. The molecule has 0 fully saturated rings. The number of nitriles is 1. The molecule has 1 unspecified atom stereocenters. The third-order valence-corrected chi connectivity index (χ3v) is 6.33. The van der Waals surface area contributed by atoms with Gasteiger partial charge in [-0.25, -0.2) is 9.37 Å². The number of hydrogen-bond donors (Lipinski definition) is 1. The Labute approximate surface area is 206 Å². The maximum atomic E-state index is 13.9. The summed E-state index contributed by atoms with van der Waals surface area (Å²) in [7, 11) is 1.57. The number of benzene rings is 2. The van der Waals surface area contributed by atoms with Crippen LogP contribution in [0.4, 0.5) is 4.39 Å². The molecule has 4 aromatic rings. The predicted molar refractivity (Wildman–Crippen MR) is 129 cm³/mol. The van der Waals surface area contributed by atoms with E-state index in [1.807, 2.05) is 18.2 Å². The smallest absolute Gasteiger partial charge is 0.138 e. The molecule has 2 aromatic heterocycles. The summed E-state index contributed by atoms with van der Waals surface area (Å²) >= 11 is 6.14. The summed E-state index contributed by atoms with van der Waals surface area (Å²) in [5, 5.41) is 21.7. The molecule has 0 saturated heterocycles. The zero-order valence-corrected chi connectivity index (χ0v) is 19.8. The molecule has 0 saturated carbocycles. The van der Waals surface area contributed by atoms with Gasteiger partial charge in [0.15, 0.2) is 0 Å². The molecule has 176 valence electrons. The van der Waals surface area contributed by atoms with E-state index in [1.165, 1.54) is 12.1 Å². The number of ether oxygens (including phenoxy) is 2. The summed E-state index contributed by atoms with van der Waals surface area (Å²) in [5.74, 6) is -0.0490. The maximum absolute atomic E-state index is 13.9. The van der Waals surface area contributed by atoms with Crippen molar-refractivity contribution in [3.05, 3.63) is 105 Å². The number of pyridine rings is 1. The highest BCUT2D eigenvalue weighted by Crippen LogP contribution is 2.40. The molecule has 8 heteroatoms. The molecule has 0 amide bonds. The molecule has 3 heterocycles. The van der Waals surface area contributed by atoms with Crippen LogP contribution in [0.2, 0.25) is 5.02 Å². The average Bonchev–Trinajstić information content (AvgIpc) is 3.11. The summed E-state index contributed by atoms with van der Waals surface area (Å²) in [5.41, 5.74) is 5.77. The van der Waals surface area contributed by atoms with Crippen molar-refractivity contribution in [2.45, 2.75) is 26.2 Å². The van der Waals surface area contributed by atoms with Crippen molar-refractivity contribution < 1.29 is 19.0 Å². The Morgan fingerprint density at radius 2 is 2.06 bits per heavy atom.